The summed E-state index contributed by atoms with van der Waals surface area (Å²) in [7, 11) is 0. The monoisotopic (exact) mass is 369 g/mol. The third-order valence-corrected chi connectivity index (χ3v) is 4.70. The Morgan fingerprint density at radius 1 is 1.30 bits per heavy atom. The van der Waals surface area contributed by atoms with Crippen molar-refractivity contribution in [3.8, 4) is 0 Å². The number of carbonyl (C=O) groups excluding carboxylic acids is 1. The van der Waals surface area contributed by atoms with E-state index < -0.39 is 5.91 Å². The molecule has 0 saturated carbocycles. The molecule has 2 atom stereocenters. The van der Waals surface area contributed by atoms with Crippen LogP contribution in [0.2, 0.25) is 0 Å². The molecule has 1 saturated heterocycles. The largest absolute Gasteiger partial charge is 0.376 e. The van der Waals surface area contributed by atoms with Gasteiger partial charge < -0.3 is 21.1 Å². The maximum Gasteiger partial charge on any atom is 0.248 e. The van der Waals surface area contributed by atoms with E-state index in [4.69, 9.17) is 10.5 Å². The number of hydrogen-bond acceptors (Lipinski definition) is 6. The average Bonchev–Trinajstić information content (AvgIpc) is 2.67. The molecule has 1 aliphatic heterocycles. The Morgan fingerprint density at radius 3 is 2.78 bits per heavy atom. The summed E-state index contributed by atoms with van der Waals surface area (Å²) in [4.78, 5) is 20.0. The lowest BCUT2D eigenvalue weighted by molar-refractivity contribution is -0.0203. The Kier molecular flexibility index (Phi) is 6.24. The van der Waals surface area contributed by atoms with Crippen LogP contribution in [0.5, 0.6) is 0 Å². The van der Waals surface area contributed by atoms with E-state index in [0.717, 1.165) is 30.8 Å². The minimum atomic E-state index is -0.428. The fourth-order valence-electron chi connectivity index (χ4n) is 3.30. The number of nitrogens with two attached hydrogens (primary N) is 1. The zero-order chi connectivity index (χ0) is 19.2. The standard InChI is InChI=1S/C20H27N5O2/c1-13(2)18-16(4-3-11-27-18)24-17-9-10-22-20(25-17)23-12-14-5-7-15(8-6-14)19(21)26/h5-10,13,16,18H,3-4,11-12H2,1-2H3,(H2,21,26)(H2,22,23,24,25). The molecule has 7 heteroatoms. The van der Waals surface area contributed by atoms with Crippen LogP contribution in [0.15, 0.2) is 36.5 Å². The highest BCUT2D eigenvalue weighted by Crippen LogP contribution is 2.23. The van der Waals surface area contributed by atoms with E-state index in [1.54, 1.807) is 18.3 Å². The molecule has 1 aromatic heterocycles. The molecule has 3 rings (SSSR count). The number of nitrogens with one attached hydrogen (secondary N) is 2. The zero-order valence-corrected chi connectivity index (χ0v) is 15.8. The van der Waals surface area contributed by atoms with Gasteiger partial charge in [-0.2, -0.15) is 4.98 Å². The van der Waals surface area contributed by atoms with Gasteiger partial charge in [0.05, 0.1) is 12.1 Å². The van der Waals surface area contributed by atoms with Crippen LogP contribution in [0.4, 0.5) is 11.8 Å². The van der Waals surface area contributed by atoms with Crippen LogP contribution in [-0.4, -0.2) is 34.6 Å². The maximum absolute atomic E-state index is 11.1. The van der Waals surface area contributed by atoms with Gasteiger partial charge in [-0.1, -0.05) is 26.0 Å². The van der Waals surface area contributed by atoms with Crippen LogP contribution >= 0.6 is 0 Å². The van der Waals surface area contributed by atoms with Crippen molar-refractivity contribution in [3.63, 3.8) is 0 Å². The number of hydrogen-bond donors (Lipinski definition) is 3. The molecule has 144 valence electrons. The first-order chi connectivity index (χ1) is 13.0. The number of primary amides is 1. The highest BCUT2D eigenvalue weighted by atomic mass is 16.5. The van der Waals surface area contributed by atoms with Gasteiger partial charge in [-0.05, 0) is 42.5 Å². The second kappa shape index (κ2) is 8.81. The summed E-state index contributed by atoms with van der Waals surface area (Å²) in [6.07, 6.45) is 4.05. The van der Waals surface area contributed by atoms with E-state index in [0.29, 0.717) is 24.0 Å². The van der Waals surface area contributed by atoms with E-state index >= 15 is 0 Å². The fraction of sp³-hybridized carbons (Fsp3) is 0.450. The Bertz CT molecular complexity index is 763. The van der Waals surface area contributed by atoms with Crippen molar-refractivity contribution < 1.29 is 9.53 Å². The predicted octanol–water partition coefficient (Wildman–Crippen LogP) is 2.80. The van der Waals surface area contributed by atoms with Crippen molar-refractivity contribution in [3.05, 3.63) is 47.7 Å². The second-order valence-electron chi connectivity index (χ2n) is 7.15. The van der Waals surface area contributed by atoms with Crippen molar-refractivity contribution in [2.45, 2.75) is 45.4 Å². The number of rotatable bonds is 7. The molecular formula is C20H27N5O2. The summed E-state index contributed by atoms with van der Waals surface area (Å²) in [5.41, 5.74) is 6.77. The van der Waals surface area contributed by atoms with Crippen molar-refractivity contribution in [2.75, 3.05) is 17.2 Å². The topological polar surface area (TPSA) is 102 Å². The molecule has 1 fully saturated rings. The van der Waals surface area contributed by atoms with Gasteiger partial charge in [0.25, 0.3) is 0 Å². The second-order valence-corrected chi connectivity index (χ2v) is 7.15. The lowest BCUT2D eigenvalue weighted by Gasteiger charge is -2.35. The molecule has 1 aliphatic rings. The first-order valence-corrected chi connectivity index (χ1v) is 9.36. The van der Waals surface area contributed by atoms with Crippen LogP contribution in [0.25, 0.3) is 0 Å². The number of amides is 1. The minimum Gasteiger partial charge on any atom is -0.376 e. The van der Waals surface area contributed by atoms with E-state index in [1.807, 2.05) is 18.2 Å². The normalized spacial score (nSPS) is 19.7. The van der Waals surface area contributed by atoms with E-state index in [2.05, 4.69) is 34.4 Å². The summed E-state index contributed by atoms with van der Waals surface area (Å²) in [5, 5.41) is 6.71. The highest BCUT2D eigenvalue weighted by molar-refractivity contribution is 5.92. The van der Waals surface area contributed by atoms with Gasteiger partial charge in [0.1, 0.15) is 5.82 Å². The minimum absolute atomic E-state index is 0.189. The molecule has 0 radical (unpaired) electrons. The van der Waals surface area contributed by atoms with Crippen LogP contribution in [0.3, 0.4) is 0 Å². The van der Waals surface area contributed by atoms with Crippen LogP contribution in [0, 0.1) is 5.92 Å². The molecule has 4 N–H and O–H groups in total. The summed E-state index contributed by atoms with van der Waals surface area (Å²) < 4.78 is 5.93. The number of nitrogens with zero attached hydrogens (tertiary/aromatic N) is 2. The molecule has 7 nitrogen and oxygen atoms in total. The van der Waals surface area contributed by atoms with Gasteiger partial charge in [0, 0.05) is 24.9 Å². The quantitative estimate of drug-likeness (QED) is 0.694. The van der Waals surface area contributed by atoms with Crippen molar-refractivity contribution in [1.29, 1.82) is 0 Å². The molecule has 0 spiro atoms. The van der Waals surface area contributed by atoms with Crippen LogP contribution in [0.1, 0.15) is 42.6 Å². The number of anilines is 2. The first-order valence-electron chi connectivity index (χ1n) is 9.36. The molecule has 2 aromatic rings. The smallest absolute Gasteiger partial charge is 0.248 e. The fourth-order valence-corrected chi connectivity index (χ4v) is 3.30. The lowest BCUT2D eigenvalue weighted by atomic mass is 9.94. The number of benzene rings is 1. The zero-order valence-electron chi connectivity index (χ0n) is 15.8. The van der Waals surface area contributed by atoms with Gasteiger partial charge in [0.2, 0.25) is 11.9 Å². The first kappa shape index (κ1) is 19.1. The number of aromatic nitrogens is 2. The SMILES string of the molecule is CC(C)C1OCCCC1Nc1ccnc(NCc2ccc(C(N)=O)cc2)n1. The van der Waals surface area contributed by atoms with Crippen molar-refractivity contribution >= 4 is 17.7 Å². The molecule has 2 heterocycles. The van der Waals surface area contributed by atoms with Crippen LogP contribution < -0.4 is 16.4 Å². The third-order valence-electron chi connectivity index (χ3n) is 4.70. The molecule has 0 bridgehead atoms. The summed E-state index contributed by atoms with van der Waals surface area (Å²) in [6.45, 7) is 5.75. The third kappa shape index (κ3) is 5.17. The van der Waals surface area contributed by atoms with Gasteiger partial charge in [0.15, 0.2) is 0 Å². The van der Waals surface area contributed by atoms with E-state index in [-0.39, 0.29) is 12.1 Å². The summed E-state index contributed by atoms with van der Waals surface area (Å²) >= 11 is 0. The predicted molar refractivity (Wildman–Crippen MR) is 106 cm³/mol. The maximum atomic E-state index is 11.1. The summed E-state index contributed by atoms with van der Waals surface area (Å²) in [5.74, 6) is 1.36. The van der Waals surface area contributed by atoms with Gasteiger partial charge in [-0.3, -0.25) is 4.79 Å². The Labute approximate surface area is 159 Å². The van der Waals surface area contributed by atoms with Crippen molar-refractivity contribution in [1.82, 2.24) is 9.97 Å². The number of carbonyl (C=O) groups is 1. The molecule has 0 aliphatic carbocycles. The number of ether oxygens (including phenoxy) is 1. The Morgan fingerprint density at radius 2 is 2.07 bits per heavy atom. The van der Waals surface area contributed by atoms with E-state index in [9.17, 15) is 4.79 Å². The average molecular weight is 369 g/mol. The van der Waals surface area contributed by atoms with Crippen molar-refractivity contribution in [2.24, 2.45) is 11.7 Å². The Hall–Kier alpha value is -2.67. The summed E-state index contributed by atoms with van der Waals surface area (Å²) in [6, 6.07) is 9.28. The van der Waals surface area contributed by atoms with Gasteiger partial charge in [-0.15, -0.1) is 0 Å². The van der Waals surface area contributed by atoms with Gasteiger partial charge >= 0.3 is 0 Å². The molecule has 1 aromatic carbocycles. The molecule has 2 unspecified atom stereocenters. The van der Waals surface area contributed by atoms with E-state index in [1.165, 1.54) is 0 Å². The lowest BCUT2D eigenvalue weighted by Crippen LogP contribution is -2.43. The van der Waals surface area contributed by atoms with Gasteiger partial charge in [-0.25, -0.2) is 4.98 Å². The molecule has 1 amide bonds. The highest BCUT2D eigenvalue weighted by Gasteiger charge is 2.28. The molecular weight excluding hydrogens is 342 g/mol. The molecule has 27 heavy (non-hydrogen) atoms. The van der Waals surface area contributed by atoms with Crippen LogP contribution in [-0.2, 0) is 11.3 Å². The Balaban J connectivity index is 1.60.